The molecule has 8 heavy (non-hydrogen) atoms. The third-order valence-electron chi connectivity index (χ3n) is 0.993. The Morgan fingerprint density at radius 3 is 2.50 bits per heavy atom. The van der Waals surface area contributed by atoms with Crippen molar-refractivity contribution in [3.05, 3.63) is 0 Å². The molecule has 0 fully saturated rings. The molecule has 0 heterocycles. The summed E-state index contributed by atoms with van der Waals surface area (Å²) in [4.78, 5) is 0. The van der Waals surface area contributed by atoms with E-state index in [0.29, 0.717) is 0 Å². The molecule has 0 aromatic rings. The van der Waals surface area contributed by atoms with Crippen molar-refractivity contribution in [1.29, 1.82) is 0 Å². The lowest BCUT2D eigenvalue weighted by molar-refractivity contribution is 0.192. The zero-order valence-electron chi connectivity index (χ0n) is 5.35. The van der Waals surface area contributed by atoms with Gasteiger partial charge in [-0.3, -0.25) is 0 Å². The van der Waals surface area contributed by atoms with E-state index in [0.717, 1.165) is 18.8 Å². The highest BCUT2D eigenvalue weighted by atomic mass is 32.1. The van der Waals surface area contributed by atoms with Crippen molar-refractivity contribution < 1.29 is 4.74 Å². The zero-order chi connectivity index (χ0) is 6.24. The molecule has 0 rings (SSSR count). The Morgan fingerprint density at radius 2 is 2.00 bits per heavy atom. The van der Waals surface area contributed by atoms with Crippen molar-refractivity contribution in [2.75, 3.05) is 19.5 Å². The molecule has 0 saturated carbocycles. The second-order valence-corrected chi connectivity index (χ2v) is 2.17. The monoisotopic (exact) mass is 133 g/mol. The Kier molecular flexibility index (Phi) is 7.59. The average molecular weight is 133 g/mol. The summed E-state index contributed by atoms with van der Waals surface area (Å²) >= 11 is 4.76. The molecule has 0 amide bonds. The molecule has 0 atom stereocenters. The van der Waals surface area contributed by atoms with Gasteiger partial charge in [-0.05, 0) is 12.8 Å². The Hall–Kier alpha value is 0.310. The van der Waals surface area contributed by atoms with Crippen molar-refractivity contribution in [3.63, 3.8) is 0 Å². The van der Waals surface area contributed by atoms with Gasteiger partial charge in [0.1, 0.15) is 0 Å². The minimum absolute atomic E-state index is 0.884. The van der Waals surface area contributed by atoms with Crippen LogP contribution < -0.4 is 0 Å². The topological polar surface area (TPSA) is 9.23 Å². The number of rotatable bonds is 5. The predicted molar refractivity (Wildman–Crippen MR) is 38.2 cm³/mol. The lowest BCUT2D eigenvalue weighted by atomic mass is 10.3. The van der Waals surface area contributed by atoms with Gasteiger partial charge >= 0.3 is 0 Å². The Bertz CT molecular complexity index is 33.5. The number of methoxy groups -OCH3 is 1. The van der Waals surface area contributed by atoms with Crippen LogP contribution in [0.1, 0.15) is 19.3 Å². The number of hydrogen-bond donors (Lipinski definition) is 0. The molecule has 49 valence electrons. The van der Waals surface area contributed by atoms with Gasteiger partial charge in [0, 0.05) is 19.5 Å². The van der Waals surface area contributed by atoms with Gasteiger partial charge in [-0.15, -0.1) is 0 Å². The lowest BCUT2D eigenvalue weighted by Gasteiger charge is -1.94. The lowest BCUT2D eigenvalue weighted by Crippen LogP contribution is -1.87. The third-order valence-corrected chi connectivity index (χ3v) is 1.28. The van der Waals surface area contributed by atoms with E-state index in [1.54, 1.807) is 7.11 Å². The van der Waals surface area contributed by atoms with Crippen molar-refractivity contribution in [2.45, 2.75) is 19.3 Å². The average Bonchev–Trinajstić information content (AvgIpc) is 1.81. The molecule has 0 aliphatic carbocycles. The molecule has 1 nitrogen and oxygen atoms in total. The SMILES string of the molecule is COCCCCC[S]. The first-order chi connectivity index (χ1) is 3.91. The third kappa shape index (κ3) is 6.31. The molecule has 0 aliphatic heterocycles. The minimum atomic E-state index is 0.884. The van der Waals surface area contributed by atoms with E-state index >= 15 is 0 Å². The predicted octanol–water partition coefficient (Wildman–Crippen LogP) is 2.00. The second-order valence-electron chi connectivity index (χ2n) is 1.76. The molecule has 0 saturated heterocycles. The fourth-order valence-electron chi connectivity index (χ4n) is 0.525. The highest BCUT2D eigenvalue weighted by Crippen LogP contribution is 1.95. The molecule has 0 N–H and O–H groups in total. The van der Waals surface area contributed by atoms with Gasteiger partial charge in [0.2, 0.25) is 0 Å². The molecule has 0 unspecified atom stereocenters. The Labute approximate surface area is 56.8 Å². The van der Waals surface area contributed by atoms with Crippen LogP contribution in [0.5, 0.6) is 0 Å². The molecule has 0 bridgehead atoms. The summed E-state index contributed by atoms with van der Waals surface area (Å²) in [5, 5.41) is 0. The van der Waals surface area contributed by atoms with E-state index in [1.165, 1.54) is 12.8 Å². The van der Waals surface area contributed by atoms with Gasteiger partial charge in [-0.1, -0.05) is 19.0 Å². The maximum atomic E-state index is 4.85. The van der Waals surface area contributed by atoms with Gasteiger partial charge in [0.05, 0.1) is 0 Å². The van der Waals surface area contributed by atoms with Gasteiger partial charge in [0.25, 0.3) is 0 Å². The number of unbranched alkanes of at least 4 members (excludes halogenated alkanes) is 2. The summed E-state index contributed by atoms with van der Waals surface area (Å²) in [6.45, 7) is 0.884. The van der Waals surface area contributed by atoms with Crippen LogP contribution in [0.4, 0.5) is 0 Å². The van der Waals surface area contributed by atoms with E-state index in [-0.39, 0.29) is 0 Å². The highest BCUT2D eigenvalue weighted by molar-refractivity contribution is 7.80. The van der Waals surface area contributed by atoms with Gasteiger partial charge < -0.3 is 4.74 Å². The normalized spacial score (nSPS) is 9.75. The fourth-order valence-corrected chi connectivity index (χ4v) is 0.729. The standard InChI is InChI=1S/C6H13OS/c1-7-5-3-2-4-6-8/h2-6H2,1H3. The summed E-state index contributed by atoms with van der Waals surface area (Å²) in [5.41, 5.74) is 0. The molecule has 0 aliphatic rings. The van der Waals surface area contributed by atoms with Crippen molar-refractivity contribution in [1.82, 2.24) is 0 Å². The first kappa shape index (κ1) is 8.31. The van der Waals surface area contributed by atoms with Crippen LogP contribution in [-0.2, 0) is 4.74 Å². The first-order valence-corrected chi connectivity index (χ1v) is 3.56. The van der Waals surface area contributed by atoms with Crippen LogP contribution in [-0.4, -0.2) is 19.5 Å². The summed E-state index contributed by atoms with van der Waals surface area (Å²) < 4.78 is 4.85. The van der Waals surface area contributed by atoms with E-state index in [9.17, 15) is 0 Å². The molecule has 0 spiro atoms. The summed E-state index contributed by atoms with van der Waals surface area (Å²) in [5.74, 6) is 0.893. The fraction of sp³-hybridized carbons (Fsp3) is 1.00. The second kappa shape index (κ2) is 7.31. The van der Waals surface area contributed by atoms with Crippen LogP contribution in [0.3, 0.4) is 0 Å². The van der Waals surface area contributed by atoms with E-state index in [1.807, 2.05) is 0 Å². The summed E-state index contributed by atoms with van der Waals surface area (Å²) in [6, 6.07) is 0. The maximum Gasteiger partial charge on any atom is 0.0462 e. The van der Waals surface area contributed by atoms with Gasteiger partial charge in [0.15, 0.2) is 0 Å². The molecular weight excluding hydrogens is 120 g/mol. The van der Waals surface area contributed by atoms with Crippen molar-refractivity contribution >= 4 is 12.6 Å². The first-order valence-electron chi connectivity index (χ1n) is 2.99. The summed E-state index contributed by atoms with van der Waals surface area (Å²) in [6.07, 6.45) is 3.54. The Balaban J connectivity index is 2.53. The maximum absolute atomic E-state index is 4.85. The molecule has 0 aromatic heterocycles. The molecule has 2 heteroatoms. The largest absolute Gasteiger partial charge is 0.385 e. The summed E-state index contributed by atoms with van der Waals surface area (Å²) in [7, 11) is 1.73. The van der Waals surface area contributed by atoms with Crippen LogP contribution in [0, 0.1) is 0 Å². The van der Waals surface area contributed by atoms with Crippen LogP contribution in [0.25, 0.3) is 0 Å². The van der Waals surface area contributed by atoms with Crippen LogP contribution in [0.15, 0.2) is 0 Å². The quantitative estimate of drug-likeness (QED) is 0.521. The zero-order valence-corrected chi connectivity index (χ0v) is 6.17. The van der Waals surface area contributed by atoms with Crippen LogP contribution in [0.2, 0.25) is 0 Å². The van der Waals surface area contributed by atoms with E-state index in [4.69, 9.17) is 17.4 Å². The number of ether oxygens (including phenoxy) is 1. The molecule has 0 aromatic carbocycles. The van der Waals surface area contributed by atoms with Gasteiger partial charge in [-0.2, -0.15) is 0 Å². The van der Waals surface area contributed by atoms with Crippen molar-refractivity contribution in [3.8, 4) is 0 Å². The molecule has 1 radical (unpaired) electrons. The molecular formula is C6H13OS. The number of hydrogen-bond acceptors (Lipinski definition) is 1. The Morgan fingerprint density at radius 1 is 1.25 bits per heavy atom. The minimum Gasteiger partial charge on any atom is -0.385 e. The van der Waals surface area contributed by atoms with Crippen molar-refractivity contribution in [2.24, 2.45) is 0 Å². The highest BCUT2D eigenvalue weighted by Gasteiger charge is 1.84. The van der Waals surface area contributed by atoms with Crippen LogP contribution >= 0.6 is 12.6 Å². The van der Waals surface area contributed by atoms with Gasteiger partial charge in [-0.25, -0.2) is 0 Å². The van der Waals surface area contributed by atoms with E-state index < -0.39 is 0 Å². The smallest absolute Gasteiger partial charge is 0.0462 e. The van der Waals surface area contributed by atoms with E-state index in [2.05, 4.69) is 0 Å².